The summed E-state index contributed by atoms with van der Waals surface area (Å²) in [6.07, 6.45) is 2.86. The van der Waals surface area contributed by atoms with Crippen molar-refractivity contribution in [1.29, 1.82) is 0 Å². The minimum Gasteiger partial charge on any atom is -0.385 e. The molecule has 0 radical (unpaired) electrons. The number of nitrogens with zero attached hydrogens (tertiary/aromatic N) is 1. The normalized spacial score (nSPS) is 10.1. The average molecular weight is 252 g/mol. The first kappa shape index (κ1) is 14.4. The molecule has 0 saturated heterocycles. The van der Waals surface area contributed by atoms with E-state index in [2.05, 4.69) is 15.6 Å². The largest absolute Gasteiger partial charge is 0.385 e. The van der Waals surface area contributed by atoms with E-state index in [1.165, 1.54) is 0 Å². The molecule has 0 bridgehead atoms. The molecule has 0 aliphatic rings. The van der Waals surface area contributed by atoms with Crippen molar-refractivity contribution in [2.24, 2.45) is 5.73 Å². The molecule has 0 atom stereocenters. The van der Waals surface area contributed by atoms with Gasteiger partial charge < -0.3 is 21.1 Å². The minimum absolute atomic E-state index is 0.0971. The molecule has 0 aliphatic carbocycles. The highest BCUT2D eigenvalue weighted by atomic mass is 16.5. The van der Waals surface area contributed by atoms with E-state index in [1.807, 2.05) is 6.07 Å². The Bertz CT molecular complexity index is 354. The maximum Gasteiger partial charge on any atom is 0.225 e. The molecule has 0 aromatic carbocycles. The maximum atomic E-state index is 11.3. The number of carbonyl (C=O) groups excluding carboxylic acids is 1. The number of anilines is 2. The Morgan fingerprint density at radius 2 is 2.33 bits per heavy atom. The Labute approximate surface area is 107 Å². The van der Waals surface area contributed by atoms with Gasteiger partial charge in [0.1, 0.15) is 5.82 Å². The Morgan fingerprint density at radius 3 is 2.94 bits per heavy atom. The monoisotopic (exact) mass is 252 g/mol. The molecule has 18 heavy (non-hydrogen) atoms. The van der Waals surface area contributed by atoms with Crippen LogP contribution < -0.4 is 16.4 Å². The molecule has 0 saturated carbocycles. The fourth-order valence-corrected chi connectivity index (χ4v) is 1.36. The number of pyridine rings is 1. The third-order valence-electron chi connectivity index (χ3n) is 2.25. The topological polar surface area (TPSA) is 89.3 Å². The molecule has 6 heteroatoms. The van der Waals surface area contributed by atoms with Crippen molar-refractivity contribution in [3.8, 4) is 0 Å². The number of rotatable bonds is 8. The first-order valence-corrected chi connectivity index (χ1v) is 5.95. The predicted molar refractivity (Wildman–Crippen MR) is 71.5 cm³/mol. The molecule has 1 aromatic heterocycles. The lowest BCUT2D eigenvalue weighted by Crippen LogP contribution is -2.16. The van der Waals surface area contributed by atoms with Gasteiger partial charge in [-0.2, -0.15) is 0 Å². The minimum atomic E-state index is -0.0971. The molecular weight excluding hydrogens is 232 g/mol. The second-order valence-corrected chi connectivity index (χ2v) is 3.79. The summed E-state index contributed by atoms with van der Waals surface area (Å²) < 4.78 is 4.95. The van der Waals surface area contributed by atoms with Crippen LogP contribution in [-0.4, -0.2) is 37.7 Å². The van der Waals surface area contributed by atoms with E-state index in [1.54, 1.807) is 19.4 Å². The zero-order valence-electron chi connectivity index (χ0n) is 10.6. The van der Waals surface area contributed by atoms with Gasteiger partial charge in [-0.1, -0.05) is 0 Å². The van der Waals surface area contributed by atoms with Gasteiger partial charge in [-0.25, -0.2) is 4.98 Å². The number of hydrogen-bond donors (Lipinski definition) is 3. The van der Waals surface area contributed by atoms with Gasteiger partial charge in [-0.3, -0.25) is 4.79 Å². The van der Waals surface area contributed by atoms with Gasteiger partial charge in [0.2, 0.25) is 5.91 Å². The maximum absolute atomic E-state index is 11.3. The van der Waals surface area contributed by atoms with Gasteiger partial charge in [-0.15, -0.1) is 0 Å². The molecule has 0 spiro atoms. The van der Waals surface area contributed by atoms with Crippen molar-refractivity contribution in [2.45, 2.75) is 12.8 Å². The van der Waals surface area contributed by atoms with E-state index in [9.17, 15) is 4.79 Å². The molecule has 1 heterocycles. The number of nitrogens with one attached hydrogen (secondary N) is 2. The SMILES string of the molecule is COCCCNc1ccc(NC(=O)CCN)cn1. The Kier molecular flexibility index (Phi) is 6.75. The van der Waals surface area contributed by atoms with Gasteiger partial charge in [0, 0.05) is 33.2 Å². The van der Waals surface area contributed by atoms with Gasteiger partial charge in [0.25, 0.3) is 0 Å². The van der Waals surface area contributed by atoms with Crippen LogP contribution in [0.25, 0.3) is 0 Å². The number of ether oxygens (including phenoxy) is 1. The number of nitrogens with two attached hydrogens (primary N) is 1. The number of methoxy groups -OCH3 is 1. The summed E-state index contributed by atoms with van der Waals surface area (Å²) in [5, 5.41) is 5.88. The fourth-order valence-electron chi connectivity index (χ4n) is 1.36. The summed E-state index contributed by atoms with van der Waals surface area (Å²) in [5.74, 6) is 0.683. The lowest BCUT2D eigenvalue weighted by molar-refractivity contribution is -0.116. The van der Waals surface area contributed by atoms with Crippen LogP contribution in [-0.2, 0) is 9.53 Å². The highest BCUT2D eigenvalue weighted by Crippen LogP contribution is 2.09. The number of carbonyl (C=O) groups is 1. The van der Waals surface area contributed by atoms with Crippen LogP contribution in [0.5, 0.6) is 0 Å². The van der Waals surface area contributed by atoms with E-state index in [4.69, 9.17) is 10.5 Å². The molecule has 1 amide bonds. The van der Waals surface area contributed by atoms with Gasteiger partial charge >= 0.3 is 0 Å². The lowest BCUT2D eigenvalue weighted by Gasteiger charge is -2.07. The molecule has 100 valence electrons. The lowest BCUT2D eigenvalue weighted by atomic mass is 10.3. The molecule has 0 aliphatic heterocycles. The van der Waals surface area contributed by atoms with Crippen molar-refractivity contribution in [1.82, 2.24) is 4.98 Å². The third kappa shape index (κ3) is 5.60. The Morgan fingerprint density at radius 1 is 1.50 bits per heavy atom. The zero-order chi connectivity index (χ0) is 13.2. The van der Waals surface area contributed by atoms with E-state index < -0.39 is 0 Å². The number of hydrogen-bond acceptors (Lipinski definition) is 5. The molecular formula is C12H20N4O2. The highest BCUT2D eigenvalue weighted by Gasteiger charge is 2.01. The predicted octanol–water partition coefficient (Wildman–Crippen LogP) is 0.817. The second-order valence-electron chi connectivity index (χ2n) is 3.79. The van der Waals surface area contributed by atoms with Crippen LogP contribution >= 0.6 is 0 Å². The van der Waals surface area contributed by atoms with E-state index >= 15 is 0 Å². The summed E-state index contributed by atoms with van der Waals surface area (Å²) in [7, 11) is 1.68. The van der Waals surface area contributed by atoms with E-state index in [0.29, 0.717) is 18.7 Å². The highest BCUT2D eigenvalue weighted by molar-refractivity contribution is 5.90. The third-order valence-corrected chi connectivity index (χ3v) is 2.25. The van der Waals surface area contributed by atoms with Crippen molar-refractivity contribution >= 4 is 17.4 Å². The number of aromatic nitrogens is 1. The van der Waals surface area contributed by atoms with Gasteiger partial charge in [-0.05, 0) is 18.6 Å². The van der Waals surface area contributed by atoms with Crippen molar-refractivity contribution in [3.05, 3.63) is 18.3 Å². The van der Waals surface area contributed by atoms with Crippen LogP contribution in [0, 0.1) is 0 Å². The molecule has 6 nitrogen and oxygen atoms in total. The van der Waals surface area contributed by atoms with E-state index in [-0.39, 0.29) is 5.91 Å². The van der Waals surface area contributed by atoms with Gasteiger partial charge in [0.05, 0.1) is 11.9 Å². The summed E-state index contributed by atoms with van der Waals surface area (Å²) in [5.41, 5.74) is 5.97. The summed E-state index contributed by atoms with van der Waals surface area (Å²) >= 11 is 0. The molecule has 1 aromatic rings. The quantitative estimate of drug-likeness (QED) is 0.596. The van der Waals surface area contributed by atoms with Crippen molar-refractivity contribution in [2.75, 3.05) is 37.4 Å². The summed E-state index contributed by atoms with van der Waals surface area (Å²) in [4.78, 5) is 15.5. The molecule has 1 rings (SSSR count). The molecule has 0 fully saturated rings. The summed E-state index contributed by atoms with van der Waals surface area (Å²) in [6.45, 7) is 1.87. The second kappa shape index (κ2) is 8.43. The van der Waals surface area contributed by atoms with Gasteiger partial charge in [0.15, 0.2) is 0 Å². The zero-order valence-corrected chi connectivity index (χ0v) is 10.6. The van der Waals surface area contributed by atoms with Crippen LogP contribution in [0.1, 0.15) is 12.8 Å². The van der Waals surface area contributed by atoms with Crippen LogP contribution in [0.4, 0.5) is 11.5 Å². The molecule has 4 N–H and O–H groups in total. The smallest absolute Gasteiger partial charge is 0.225 e. The first-order chi connectivity index (χ1) is 8.76. The van der Waals surface area contributed by atoms with Crippen LogP contribution in [0.15, 0.2) is 18.3 Å². The summed E-state index contributed by atoms with van der Waals surface area (Å²) in [6, 6.07) is 3.63. The standard InChI is InChI=1S/C12H20N4O2/c1-18-8-2-7-14-11-4-3-10(9-15-11)16-12(17)5-6-13/h3-4,9H,2,5-8,13H2,1H3,(H,14,15)(H,16,17). The average Bonchev–Trinajstić information content (AvgIpc) is 2.37. The fraction of sp³-hybridized carbons (Fsp3) is 0.500. The molecule has 0 unspecified atom stereocenters. The Hall–Kier alpha value is -1.66. The van der Waals surface area contributed by atoms with Crippen molar-refractivity contribution in [3.63, 3.8) is 0 Å². The van der Waals surface area contributed by atoms with Crippen LogP contribution in [0.2, 0.25) is 0 Å². The Balaban J connectivity index is 2.35. The first-order valence-electron chi connectivity index (χ1n) is 5.95. The van der Waals surface area contributed by atoms with Crippen molar-refractivity contribution < 1.29 is 9.53 Å². The van der Waals surface area contributed by atoms with E-state index in [0.717, 1.165) is 25.4 Å². The van der Waals surface area contributed by atoms with Crippen LogP contribution in [0.3, 0.4) is 0 Å². The number of amides is 1.